The van der Waals surface area contributed by atoms with Crippen LogP contribution in [0.4, 0.5) is 0 Å². The number of hydrogen-bond donors (Lipinski definition) is 2. The van der Waals surface area contributed by atoms with Gasteiger partial charge in [-0.2, -0.15) is 0 Å². The van der Waals surface area contributed by atoms with Gasteiger partial charge in [0.15, 0.2) is 0 Å². The summed E-state index contributed by atoms with van der Waals surface area (Å²) in [7, 11) is 0. The molecule has 0 radical (unpaired) electrons. The van der Waals surface area contributed by atoms with Crippen molar-refractivity contribution in [2.75, 3.05) is 6.54 Å². The molecule has 3 heteroatoms. The number of aromatic amines is 1. The van der Waals surface area contributed by atoms with Crippen LogP contribution in [0, 0.1) is 5.92 Å². The second kappa shape index (κ2) is 3.05. The number of aromatic nitrogens is 1. The predicted octanol–water partition coefficient (Wildman–Crippen LogP) is 3.29. The van der Waals surface area contributed by atoms with Gasteiger partial charge >= 0.3 is 0 Å². The molecule has 0 spiro atoms. The molecule has 0 saturated carbocycles. The monoisotopic (exact) mass is 250 g/mol. The van der Waals surface area contributed by atoms with Crippen LogP contribution in [-0.4, -0.2) is 21.5 Å². The molecule has 3 nitrogen and oxygen atoms in total. The van der Waals surface area contributed by atoms with E-state index in [9.17, 15) is 5.11 Å². The molecular weight excluding hydrogens is 236 g/mol. The van der Waals surface area contributed by atoms with Crippen LogP contribution >= 0.6 is 0 Å². The molecule has 3 heterocycles. The third-order valence-corrected chi connectivity index (χ3v) is 4.67. The van der Waals surface area contributed by atoms with E-state index >= 15 is 0 Å². The number of fused-ring (bicyclic) bond motifs is 5. The molecule has 94 valence electrons. The molecule has 5 rings (SSSR count). The molecule has 2 aromatic rings. The molecule has 3 aliphatic rings. The molecule has 1 atom stereocenters. The summed E-state index contributed by atoms with van der Waals surface area (Å²) < 4.78 is 0. The topological polar surface area (TPSA) is 39.3 Å². The first-order chi connectivity index (χ1) is 9.29. The summed E-state index contributed by atoms with van der Waals surface area (Å²) in [5.41, 5.74) is 6.57. The number of phenols is 1. The van der Waals surface area contributed by atoms with Gasteiger partial charge in [0, 0.05) is 34.9 Å². The molecular formula is C16H14N2O. The molecule has 0 amide bonds. The van der Waals surface area contributed by atoms with Crippen LogP contribution in [0.25, 0.3) is 22.6 Å². The van der Waals surface area contributed by atoms with E-state index < -0.39 is 0 Å². The zero-order chi connectivity index (χ0) is 12.6. The quantitative estimate of drug-likeness (QED) is 0.753. The van der Waals surface area contributed by atoms with Gasteiger partial charge < -0.3 is 15.0 Å². The van der Waals surface area contributed by atoms with Gasteiger partial charge in [0.25, 0.3) is 0 Å². The van der Waals surface area contributed by atoms with E-state index in [0.29, 0.717) is 5.75 Å². The Morgan fingerprint density at radius 2 is 2.21 bits per heavy atom. The van der Waals surface area contributed by atoms with Gasteiger partial charge in [-0.05, 0) is 48.6 Å². The van der Waals surface area contributed by atoms with Crippen LogP contribution in [-0.2, 0) is 0 Å². The lowest BCUT2D eigenvalue weighted by atomic mass is 10.0. The maximum atomic E-state index is 9.71. The van der Waals surface area contributed by atoms with Crippen molar-refractivity contribution in [2.45, 2.75) is 12.8 Å². The van der Waals surface area contributed by atoms with Gasteiger partial charge in [-0.1, -0.05) is 0 Å². The Bertz CT molecular complexity index is 781. The van der Waals surface area contributed by atoms with Crippen molar-refractivity contribution in [1.82, 2.24) is 9.88 Å². The lowest BCUT2D eigenvalue weighted by Gasteiger charge is -2.20. The molecule has 2 aliphatic heterocycles. The molecule has 0 unspecified atom stereocenters. The summed E-state index contributed by atoms with van der Waals surface area (Å²) in [5.74, 6) is 1.12. The maximum absolute atomic E-state index is 9.71. The van der Waals surface area contributed by atoms with Crippen molar-refractivity contribution in [3.8, 4) is 5.75 Å². The van der Waals surface area contributed by atoms with Crippen LogP contribution in [0.2, 0.25) is 0 Å². The van der Waals surface area contributed by atoms with Crippen LogP contribution in [0.15, 0.2) is 30.1 Å². The standard InChI is InChI=1S/C16H14N2O/c19-10-1-2-14-12(7-10)11-3-4-18-8-9-5-13(15(18)6-9)16(11)17-14/h1-4,7,9,17,19H,5-6,8H2/t9-/m1/s1. The summed E-state index contributed by atoms with van der Waals surface area (Å²) in [5, 5.41) is 10.8. The van der Waals surface area contributed by atoms with Gasteiger partial charge in [-0.3, -0.25) is 0 Å². The number of allylic oxidation sites excluding steroid dienone is 2. The van der Waals surface area contributed by atoms with Crippen molar-refractivity contribution < 1.29 is 5.11 Å². The number of phenolic OH excluding ortho intramolecular Hbond substituents is 1. The minimum absolute atomic E-state index is 0.331. The van der Waals surface area contributed by atoms with E-state index in [1.54, 1.807) is 6.07 Å². The van der Waals surface area contributed by atoms with Crippen LogP contribution in [0.3, 0.4) is 0 Å². The highest BCUT2D eigenvalue weighted by Gasteiger charge is 2.38. The minimum Gasteiger partial charge on any atom is -0.508 e. The fourth-order valence-corrected chi connectivity index (χ4v) is 3.86. The third-order valence-electron chi connectivity index (χ3n) is 4.67. The summed E-state index contributed by atoms with van der Waals surface area (Å²) in [6, 6.07) is 5.56. The van der Waals surface area contributed by atoms with Crippen molar-refractivity contribution >= 4 is 22.6 Å². The molecule has 2 bridgehead atoms. The Labute approximate surface area is 110 Å². The first-order valence-electron chi connectivity index (χ1n) is 6.81. The molecule has 1 aliphatic carbocycles. The van der Waals surface area contributed by atoms with Crippen molar-refractivity contribution in [1.29, 1.82) is 0 Å². The van der Waals surface area contributed by atoms with E-state index in [4.69, 9.17) is 0 Å². The SMILES string of the molecule is Oc1ccc2[nH]c3c(c2c1)C=CN1C[C@@H]2CC3=C1C2. The van der Waals surface area contributed by atoms with E-state index in [0.717, 1.165) is 16.8 Å². The number of H-pyrrole nitrogens is 1. The Morgan fingerprint density at radius 1 is 1.26 bits per heavy atom. The van der Waals surface area contributed by atoms with Crippen molar-refractivity contribution in [2.24, 2.45) is 5.92 Å². The number of benzene rings is 1. The molecule has 1 aromatic carbocycles. The number of nitrogens with zero attached hydrogens (tertiary/aromatic N) is 1. The lowest BCUT2D eigenvalue weighted by Crippen LogP contribution is -2.16. The second-order valence-electron chi connectivity index (χ2n) is 5.81. The van der Waals surface area contributed by atoms with Crippen LogP contribution in [0.5, 0.6) is 5.75 Å². The fraction of sp³-hybridized carbons (Fsp3) is 0.250. The van der Waals surface area contributed by atoms with Crippen molar-refractivity contribution in [3.05, 3.63) is 41.4 Å². The van der Waals surface area contributed by atoms with E-state index in [2.05, 4.69) is 22.2 Å². The first-order valence-corrected chi connectivity index (χ1v) is 6.81. The largest absolute Gasteiger partial charge is 0.508 e. The van der Waals surface area contributed by atoms with Gasteiger partial charge in [0.2, 0.25) is 0 Å². The Kier molecular flexibility index (Phi) is 1.56. The second-order valence-corrected chi connectivity index (χ2v) is 5.81. The highest BCUT2D eigenvalue weighted by molar-refractivity contribution is 5.97. The van der Waals surface area contributed by atoms with Gasteiger partial charge in [-0.15, -0.1) is 0 Å². The van der Waals surface area contributed by atoms with E-state index in [-0.39, 0.29) is 0 Å². The molecule has 19 heavy (non-hydrogen) atoms. The Morgan fingerprint density at radius 3 is 3.11 bits per heavy atom. The number of nitrogens with one attached hydrogen (secondary N) is 1. The number of aromatic hydroxyl groups is 1. The highest BCUT2D eigenvalue weighted by Crippen LogP contribution is 2.49. The maximum Gasteiger partial charge on any atom is 0.116 e. The minimum atomic E-state index is 0.331. The summed E-state index contributed by atoms with van der Waals surface area (Å²) in [6.45, 7) is 1.17. The average Bonchev–Trinajstić information content (AvgIpc) is 3.05. The number of rotatable bonds is 0. The van der Waals surface area contributed by atoms with Crippen molar-refractivity contribution in [3.63, 3.8) is 0 Å². The Balaban J connectivity index is 1.87. The summed E-state index contributed by atoms with van der Waals surface area (Å²) in [6.07, 6.45) is 6.81. The first kappa shape index (κ1) is 9.73. The van der Waals surface area contributed by atoms with Gasteiger partial charge in [0.05, 0.1) is 5.69 Å². The summed E-state index contributed by atoms with van der Waals surface area (Å²) >= 11 is 0. The van der Waals surface area contributed by atoms with Gasteiger partial charge in [-0.25, -0.2) is 0 Å². The fourth-order valence-electron chi connectivity index (χ4n) is 3.86. The third kappa shape index (κ3) is 1.13. The number of hydrogen-bond acceptors (Lipinski definition) is 2. The zero-order valence-electron chi connectivity index (χ0n) is 10.5. The smallest absolute Gasteiger partial charge is 0.116 e. The molecule has 1 fully saturated rings. The summed E-state index contributed by atoms with van der Waals surface area (Å²) in [4.78, 5) is 5.94. The zero-order valence-corrected chi connectivity index (χ0v) is 10.5. The molecule has 2 N–H and O–H groups in total. The van der Waals surface area contributed by atoms with E-state index in [1.807, 2.05) is 12.1 Å². The lowest BCUT2D eigenvalue weighted by molar-refractivity contribution is 0.459. The molecule has 1 saturated heterocycles. The highest BCUT2D eigenvalue weighted by atomic mass is 16.3. The normalized spacial score (nSPS) is 23.4. The predicted molar refractivity (Wildman–Crippen MR) is 75.3 cm³/mol. The van der Waals surface area contributed by atoms with E-state index in [1.165, 1.54) is 41.9 Å². The van der Waals surface area contributed by atoms with Gasteiger partial charge in [0.1, 0.15) is 5.75 Å². The average molecular weight is 250 g/mol. The Hall–Kier alpha value is -2.16. The van der Waals surface area contributed by atoms with Crippen LogP contribution in [0.1, 0.15) is 24.1 Å². The molecule has 1 aromatic heterocycles. The van der Waals surface area contributed by atoms with Crippen LogP contribution < -0.4 is 0 Å².